The lowest BCUT2D eigenvalue weighted by molar-refractivity contribution is -0.926. The molecule has 0 spiro atoms. The largest absolute Gasteiger partial charge is 0.748 e. The lowest BCUT2D eigenvalue weighted by Gasteiger charge is -2.38. The Morgan fingerprint density at radius 1 is 0.867 bits per heavy atom. The number of hydrogen-bond acceptors (Lipinski definition) is 7. The third-order valence-corrected chi connectivity index (χ3v) is 5.63. The van der Waals surface area contributed by atoms with Crippen molar-refractivity contribution in [3.63, 3.8) is 0 Å². The molecule has 2 aromatic rings. The van der Waals surface area contributed by atoms with Crippen LogP contribution < -0.4 is 4.74 Å². The molecule has 9 heteroatoms. The van der Waals surface area contributed by atoms with Crippen LogP contribution in [0.25, 0.3) is 0 Å². The average molecular weight is 438 g/mol. The predicted octanol–water partition coefficient (Wildman–Crippen LogP) is 0.643. The van der Waals surface area contributed by atoms with Crippen molar-refractivity contribution < 1.29 is 37.2 Å². The molecule has 0 bridgehead atoms. The number of carbonyl (C=O) groups is 1. The fourth-order valence-corrected chi connectivity index (χ4v) is 3.83. The van der Waals surface area contributed by atoms with Gasteiger partial charge in [-0.05, 0) is 24.3 Å². The normalized spacial score (nSPS) is 12.0. The van der Waals surface area contributed by atoms with Gasteiger partial charge in [-0.2, -0.15) is 0 Å². The summed E-state index contributed by atoms with van der Waals surface area (Å²) in [5.41, 5.74) is 1.12. The highest BCUT2D eigenvalue weighted by Crippen LogP contribution is 2.16. The van der Waals surface area contributed by atoms with Gasteiger partial charge in [-0.3, -0.25) is 4.79 Å². The number of benzene rings is 2. The first-order valence-electron chi connectivity index (χ1n) is 9.62. The maximum absolute atomic E-state index is 12.4. The van der Waals surface area contributed by atoms with E-state index in [0.29, 0.717) is 23.4 Å². The molecule has 2 rings (SSSR count). The Morgan fingerprint density at radius 2 is 1.43 bits per heavy atom. The van der Waals surface area contributed by atoms with Crippen molar-refractivity contribution >= 4 is 15.9 Å². The Morgan fingerprint density at radius 3 is 1.97 bits per heavy atom. The lowest BCUT2D eigenvalue weighted by atomic mass is 10.0. The van der Waals surface area contributed by atoms with Gasteiger partial charge in [0.15, 0.2) is 5.78 Å². The maximum Gasteiger partial charge on any atom is 0.193 e. The zero-order valence-electron chi connectivity index (χ0n) is 16.6. The van der Waals surface area contributed by atoms with Crippen LogP contribution in [0.4, 0.5) is 0 Å². The minimum absolute atomic E-state index is 0.0131. The third-order valence-electron chi connectivity index (χ3n) is 4.95. The molecule has 0 saturated carbocycles. The summed E-state index contributed by atoms with van der Waals surface area (Å²) in [5.74, 6) is -0.145. The van der Waals surface area contributed by atoms with Crippen molar-refractivity contribution in [3.8, 4) is 5.75 Å². The van der Waals surface area contributed by atoms with Gasteiger partial charge in [0.2, 0.25) is 0 Å². The van der Waals surface area contributed by atoms with Gasteiger partial charge < -0.3 is 24.0 Å². The molecule has 0 atom stereocenters. The van der Waals surface area contributed by atoms with Crippen LogP contribution >= 0.6 is 0 Å². The Hall–Kier alpha value is -2.30. The summed E-state index contributed by atoms with van der Waals surface area (Å²) in [7, 11) is -4.41. The summed E-state index contributed by atoms with van der Waals surface area (Å²) in [6.07, 6.45) is 0. The smallest absolute Gasteiger partial charge is 0.193 e. The van der Waals surface area contributed by atoms with E-state index in [1.807, 2.05) is 6.07 Å². The number of aliphatic hydroxyl groups is 2. The van der Waals surface area contributed by atoms with Crippen LogP contribution in [0.5, 0.6) is 5.75 Å². The maximum atomic E-state index is 12.4. The SMILES string of the molecule is O=C(c1ccccc1)c1ccc(OCC[N+](CCO)(CCO)CCS(=O)(=O)[O-])cc1. The third kappa shape index (κ3) is 7.51. The molecule has 0 radical (unpaired) electrons. The molecule has 8 nitrogen and oxygen atoms in total. The number of ether oxygens (including phenoxy) is 1. The fraction of sp³-hybridized carbons (Fsp3) is 0.381. The number of carbonyl (C=O) groups excluding carboxylic acids is 1. The molecule has 2 aromatic carbocycles. The van der Waals surface area contributed by atoms with Crippen LogP contribution in [0.3, 0.4) is 0 Å². The van der Waals surface area contributed by atoms with E-state index in [9.17, 15) is 28.0 Å². The molecule has 2 N–H and O–H groups in total. The second-order valence-corrected chi connectivity index (χ2v) is 8.54. The van der Waals surface area contributed by atoms with Gasteiger partial charge in [-0.1, -0.05) is 30.3 Å². The highest BCUT2D eigenvalue weighted by molar-refractivity contribution is 7.85. The second-order valence-electron chi connectivity index (χ2n) is 7.01. The molecule has 30 heavy (non-hydrogen) atoms. The molecule has 164 valence electrons. The van der Waals surface area contributed by atoms with Crippen molar-refractivity contribution in [2.75, 3.05) is 51.8 Å². The van der Waals surface area contributed by atoms with E-state index < -0.39 is 15.9 Å². The van der Waals surface area contributed by atoms with Gasteiger partial charge >= 0.3 is 0 Å². The fourth-order valence-electron chi connectivity index (χ4n) is 3.22. The number of hydrogen-bond donors (Lipinski definition) is 2. The first-order valence-corrected chi connectivity index (χ1v) is 11.2. The van der Waals surface area contributed by atoms with Crippen LogP contribution in [0.15, 0.2) is 54.6 Å². The Kier molecular flexibility index (Phi) is 8.94. The van der Waals surface area contributed by atoms with Crippen LogP contribution in [0.1, 0.15) is 15.9 Å². The highest BCUT2D eigenvalue weighted by atomic mass is 32.2. The molecule has 0 heterocycles. The number of quaternary nitrogens is 1. The van der Waals surface area contributed by atoms with E-state index in [2.05, 4.69) is 0 Å². The Bertz CT molecular complexity index is 893. The first kappa shape index (κ1) is 24.0. The molecule has 0 aliphatic rings. The summed E-state index contributed by atoms with van der Waals surface area (Å²) < 4.78 is 38.8. The topological polar surface area (TPSA) is 124 Å². The summed E-state index contributed by atoms with van der Waals surface area (Å²) in [6, 6.07) is 15.6. The second kappa shape index (κ2) is 11.2. The van der Waals surface area contributed by atoms with E-state index in [1.165, 1.54) is 0 Å². The molecule has 0 amide bonds. The Balaban J connectivity index is 1.99. The lowest BCUT2D eigenvalue weighted by Crippen LogP contribution is -2.55. The molecule has 0 unspecified atom stereocenters. The average Bonchev–Trinajstić information content (AvgIpc) is 2.73. The van der Waals surface area contributed by atoms with Crippen molar-refractivity contribution in [3.05, 3.63) is 65.7 Å². The van der Waals surface area contributed by atoms with Gasteiger partial charge in [0.1, 0.15) is 42.1 Å². The summed E-state index contributed by atoms with van der Waals surface area (Å²) in [5, 5.41) is 18.7. The number of rotatable bonds is 13. The van der Waals surface area contributed by atoms with Crippen molar-refractivity contribution in [2.24, 2.45) is 0 Å². The van der Waals surface area contributed by atoms with Crippen molar-refractivity contribution in [2.45, 2.75) is 0 Å². The van der Waals surface area contributed by atoms with E-state index in [0.717, 1.165) is 0 Å². The number of aliphatic hydroxyl groups excluding tert-OH is 2. The highest BCUT2D eigenvalue weighted by Gasteiger charge is 2.27. The number of nitrogens with zero attached hydrogens (tertiary/aromatic N) is 1. The zero-order valence-corrected chi connectivity index (χ0v) is 17.5. The van der Waals surface area contributed by atoms with E-state index in [-0.39, 0.29) is 49.7 Å². The van der Waals surface area contributed by atoms with Gasteiger partial charge in [-0.25, -0.2) is 8.42 Å². The van der Waals surface area contributed by atoms with Crippen LogP contribution in [-0.4, -0.2) is 85.2 Å². The van der Waals surface area contributed by atoms with Gasteiger partial charge in [0.25, 0.3) is 0 Å². The minimum atomic E-state index is -4.41. The standard InChI is InChI=1S/C21H27NO7S/c23-14-10-22(11-15-24,13-17-30(26,27)28)12-16-29-20-8-6-19(7-9-20)21(25)18-4-2-1-3-5-18/h1-9,23-24H,10-17H2. The van der Waals surface area contributed by atoms with Gasteiger partial charge in [0, 0.05) is 11.1 Å². The molecule has 0 aliphatic heterocycles. The summed E-state index contributed by atoms with van der Waals surface area (Å²) in [4.78, 5) is 12.4. The molecule has 0 aliphatic carbocycles. The molecule has 0 aromatic heterocycles. The van der Waals surface area contributed by atoms with Gasteiger partial charge in [-0.15, -0.1) is 0 Å². The molecular weight excluding hydrogens is 410 g/mol. The van der Waals surface area contributed by atoms with Crippen LogP contribution in [0.2, 0.25) is 0 Å². The van der Waals surface area contributed by atoms with E-state index in [4.69, 9.17) is 4.74 Å². The molecule has 0 fully saturated rings. The van der Waals surface area contributed by atoms with Crippen LogP contribution in [-0.2, 0) is 10.1 Å². The van der Waals surface area contributed by atoms with Crippen molar-refractivity contribution in [1.29, 1.82) is 0 Å². The predicted molar refractivity (Wildman–Crippen MR) is 110 cm³/mol. The number of ketones is 1. The van der Waals surface area contributed by atoms with Gasteiger partial charge in [0.05, 0.1) is 25.5 Å². The molecule has 0 saturated heterocycles. The van der Waals surface area contributed by atoms with Crippen LogP contribution in [0, 0.1) is 0 Å². The monoisotopic (exact) mass is 437 g/mol. The molecular formula is C21H27NO7S. The minimum Gasteiger partial charge on any atom is -0.748 e. The summed E-state index contributed by atoms with van der Waals surface area (Å²) in [6.45, 7) is 0.450. The van der Waals surface area contributed by atoms with Crippen molar-refractivity contribution in [1.82, 2.24) is 0 Å². The van der Waals surface area contributed by atoms with E-state index >= 15 is 0 Å². The summed E-state index contributed by atoms with van der Waals surface area (Å²) >= 11 is 0. The Labute approximate surface area is 176 Å². The quantitative estimate of drug-likeness (QED) is 0.268. The zero-order chi connectivity index (χ0) is 22.0. The first-order chi connectivity index (χ1) is 14.3. The van der Waals surface area contributed by atoms with E-state index in [1.54, 1.807) is 48.5 Å².